The Hall–Kier alpha value is -2.84. The van der Waals surface area contributed by atoms with Gasteiger partial charge in [0, 0.05) is 34.1 Å². The Morgan fingerprint density at radius 2 is 1.89 bits per heavy atom. The number of carbonyl (C=O) groups is 2. The van der Waals surface area contributed by atoms with Gasteiger partial charge in [-0.25, -0.2) is 0 Å². The normalized spacial score (nSPS) is 10.7. The Morgan fingerprint density at radius 1 is 1.15 bits per heavy atom. The summed E-state index contributed by atoms with van der Waals surface area (Å²) >= 11 is 12.3. The van der Waals surface area contributed by atoms with Gasteiger partial charge in [0.15, 0.2) is 5.82 Å². The summed E-state index contributed by atoms with van der Waals surface area (Å²) in [6.45, 7) is 0.553. The van der Waals surface area contributed by atoms with Gasteiger partial charge in [0.25, 0.3) is 5.91 Å². The van der Waals surface area contributed by atoms with Gasteiger partial charge in [-0.05, 0) is 12.1 Å². The number of benzene rings is 1. The molecule has 0 unspecified atom stereocenters. The van der Waals surface area contributed by atoms with Crippen molar-refractivity contribution >= 4 is 40.9 Å². The first-order valence-corrected chi connectivity index (χ1v) is 8.70. The molecule has 0 fully saturated rings. The second kappa shape index (κ2) is 8.24. The summed E-state index contributed by atoms with van der Waals surface area (Å²) < 4.78 is 3.01. The van der Waals surface area contributed by atoms with E-state index in [2.05, 4.69) is 15.5 Å². The number of aromatic nitrogens is 4. The summed E-state index contributed by atoms with van der Waals surface area (Å²) in [5.41, 5.74) is 1.05. The highest BCUT2D eigenvalue weighted by Crippen LogP contribution is 2.25. The molecule has 10 heteroatoms. The molecule has 0 atom stereocenters. The van der Waals surface area contributed by atoms with Crippen molar-refractivity contribution in [2.75, 3.05) is 5.32 Å². The van der Waals surface area contributed by atoms with E-state index in [0.29, 0.717) is 28.0 Å². The SMILES string of the molecule is O=C(O)CCn1cc(C(=O)Nc2ccn(Cc3c(Cl)cccc3Cl)n2)cn1. The number of carbonyl (C=O) groups excluding carboxylic acids is 1. The number of rotatable bonds is 7. The fourth-order valence-electron chi connectivity index (χ4n) is 2.36. The molecule has 2 aromatic heterocycles. The van der Waals surface area contributed by atoms with Crippen molar-refractivity contribution in [2.45, 2.75) is 19.5 Å². The largest absolute Gasteiger partial charge is 0.481 e. The number of aryl methyl sites for hydroxylation is 1. The zero-order chi connectivity index (χ0) is 19.4. The minimum Gasteiger partial charge on any atom is -0.481 e. The molecule has 2 N–H and O–H groups in total. The average Bonchev–Trinajstić information content (AvgIpc) is 3.26. The van der Waals surface area contributed by atoms with Crippen molar-refractivity contribution in [2.24, 2.45) is 0 Å². The van der Waals surface area contributed by atoms with Crippen LogP contribution in [0.2, 0.25) is 10.0 Å². The maximum atomic E-state index is 12.3. The lowest BCUT2D eigenvalue weighted by Crippen LogP contribution is -2.12. The summed E-state index contributed by atoms with van der Waals surface area (Å²) in [5.74, 6) is -0.959. The highest BCUT2D eigenvalue weighted by molar-refractivity contribution is 6.35. The molecule has 0 saturated heterocycles. The zero-order valence-electron chi connectivity index (χ0n) is 14.0. The van der Waals surface area contributed by atoms with Crippen molar-refractivity contribution in [3.63, 3.8) is 0 Å². The Bertz CT molecular complexity index is 962. The van der Waals surface area contributed by atoms with E-state index >= 15 is 0 Å². The summed E-state index contributed by atoms with van der Waals surface area (Å²) in [5, 5.41) is 20.7. The molecule has 0 spiro atoms. The van der Waals surface area contributed by atoms with Crippen LogP contribution in [0.25, 0.3) is 0 Å². The number of nitrogens with one attached hydrogen (secondary N) is 1. The maximum absolute atomic E-state index is 12.3. The predicted molar refractivity (Wildman–Crippen MR) is 100 cm³/mol. The highest BCUT2D eigenvalue weighted by atomic mass is 35.5. The van der Waals surface area contributed by atoms with Crippen molar-refractivity contribution in [3.05, 3.63) is 64.0 Å². The molecule has 0 saturated carbocycles. The fourth-order valence-corrected chi connectivity index (χ4v) is 2.88. The monoisotopic (exact) mass is 407 g/mol. The third-order valence-electron chi connectivity index (χ3n) is 3.71. The summed E-state index contributed by atoms with van der Waals surface area (Å²) in [6.07, 6.45) is 4.49. The number of halogens is 2. The molecule has 3 rings (SSSR count). The van der Waals surface area contributed by atoms with Gasteiger partial charge < -0.3 is 10.4 Å². The van der Waals surface area contributed by atoms with Crippen LogP contribution in [0.5, 0.6) is 0 Å². The minimum absolute atomic E-state index is 0.0717. The Morgan fingerprint density at radius 3 is 2.59 bits per heavy atom. The van der Waals surface area contributed by atoms with E-state index in [0.717, 1.165) is 5.56 Å². The second-order valence-electron chi connectivity index (χ2n) is 5.69. The van der Waals surface area contributed by atoms with E-state index in [-0.39, 0.29) is 13.0 Å². The van der Waals surface area contributed by atoms with E-state index in [1.165, 1.54) is 17.1 Å². The van der Waals surface area contributed by atoms with Gasteiger partial charge >= 0.3 is 5.97 Å². The number of aliphatic carboxylic acids is 1. The van der Waals surface area contributed by atoms with Crippen molar-refractivity contribution in [1.29, 1.82) is 0 Å². The molecule has 8 nitrogen and oxygen atoms in total. The van der Waals surface area contributed by atoms with Crippen LogP contribution >= 0.6 is 23.2 Å². The van der Waals surface area contributed by atoms with Crippen molar-refractivity contribution < 1.29 is 14.7 Å². The average molecular weight is 408 g/mol. The van der Waals surface area contributed by atoms with Crippen molar-refractivity contribution in [3.8, 4) is 0 Å². The van der Waals surface area contributed by atoms with Crippen LogP contribution < -0.4 is 5.32 Å². The third-order valence-corrected chi connectivity index (χ3v) is 4.42. The molecule has 0 aliphatic carbocycles. The lowest BCUT2D eigenvalue weighted by Gasteiger charge is -2.07. The number of nitrogens with zero attached hydrogens (tertiary/aromatic N) is 4. The van der Waals surface area contributed by atoms with Crippen molar-refractivity contribution in [1.82, 2.24) is 19.6 Å². The smallest absolute Gasteiger partial charge is 0.305 e. The first-order chi connectivity index (χ1) is 12.9. The summed E-state index contributed by atoms with van der Waals surface area (Å²) in [7, 11) is 0. The lowest BCUT2D eigenvalue weighted by molar-refractivity contribution is -0.137. The molecule has 1 aromatic carbocycles. The highest BCUT2D eigenvalue weighted by Gasteiger charge is 2.12. The second-order valence-corrected chi connectivity index (χ2v) is 6.50. The van der Waals surface area contributed by atoms with Gasteiger partial charge in [0.05, 0.1) is 31.3 Å². The number of carboxylic acid groups (broad SMARTS) is 1. The van der Waals surface area contributed by atoms with Gasteiger partial charge in [-0.2, -0.15) is 10.2 Å². The van der Waals surface area contributed by atoms with E-state index < -0.39 is 11.9 Å². The molecule has 1 amide bonds. The van der Waals surface area contributed by atoms with Gasteiger partial charge in [-0.3, -0.25) is 19.0 Å². The molecular formula is C17H15Cl2N5O3. The summed E-state index contributed by atoms with van der Waals surface area (Å²) in [4.78, 5) is 22.9. The first-order valence-electron chi connectivity index (χ1n) is 7.94. The Labute approximate surface area is 164 Å². The fraction of sp³-hybridized carbons (Fsp3) is 0.176. The van der Waals surface area contributed by atoms with Crippen LogP contribution in [0, 0.1) is 0 Å². The maximum Gasteiger partial charge on any atom is 0.305 e. The molecule has 27 heavy (non-hydrogen) atoms. The van der Waals surface area contributed by atoms with Crippen LogP contribution in [0.15, 0.2) is 42.9 Å². The quantitative estimate of drug-likeness (QED) is 0.625. The number of anilines is 1. The number of amides is 1. The zero-order valence-corrected chi connectivity index (χ0v) is 15.5. The molecule has 3 aromatic rings. The molecule has 0 bridgehead atoms. The topological polar surface area (TPSA) is 102 Å². The van der Waals surface area contributed by atoms with Crippen LogP contribution in [0.4, 0.5) is 5.82 Å². The lowest BCUT2D eigenvalue weighted by atomic mass is 10.2. The Balaban J connectivity index is 1.63. The third kappa shape index (κ3) is 4.87. The van der Waals surface area contributed by atoms with Crippen LogP contribution in [0.1, 0.15) is 22.3 Å². The standard InChI is InChI=1S/C17H15Cl2N5O3/c18-13-2-1-3-14(19)12(13)10-24-6-4-15(22-24)21-17(27)11-8-20-23(9-11)7-5-16(25)26/h1-4,6,8-9H,5,7,10H2,(H,25,26)(H,21,22,27). The Kier molecular flexibility index (Phi) is 5.78. The van der Waals surface area contributed by atoms with Crippen LogP contribution in [-0.2, 0) is 17.9 Å². The van der Waals surface area contributed by atoms with Gasteiger partial charge in [0.1, 0.15) is 0 Å². The molecule has 0 aliphatic rings. The van der Waals surface area contributed by atoms with Gasteiger partial charge in [-0.1, -0.05) is 29.3 Å². The van der Waals surface area contributed by atoms with E-state index in [1.54, 1.807) is 35.1 Å². The molecule has 140 valence electrons. The molecule has 0 aliphatic heterocycles. The van der Waals surface area contributed by atoms with E-state index in [1.807, 2.05) is 0 Å². The molecular weight excluding hydrogens is 393 g/mol. The summed E-state index contributed by atoms with van der Waals surface area (Å²) in [6, 6.07) is 6.91. The van der Waals surface area contributed by atoms with Gasteiger partial charge in [0.2, 0.25) is 0 Å². The van der Waals surface area contributed by atoms with Gasteiger partial charge in [-0.15, -0.1) is 0 Å². The number of hydrogen-bond acceptors (Lipinski definition) is 4. The van der Waals surface area contributed by atoms with Crippen LogP contribution in [-0.4, -0.2) is 36.5 Å². The minimum atomic E-state index is -0.930. The first kappa shape index (κ1) is 18.9. The number of hydrogen-bond donors (Lipinski definition) is 2. The van der Waals surface area contributed by atoms with E-state index in [9.17, 15) is 9.59 Å². The van der Waals surface area contributed by atoms with Crippen LogP contribution in [0.3, 0.4) is 0 Å². The molecule has 2 heterocycles. The van der Waals surface area contributed by atoms with E-state index in [4.69, 9.17) is 28.3 Å². The predicted octanol–water partition coefficient (Wildman–Crippen LogP) is 3.16. The molecule has 0 radical (unpaired) electrons. The number of carboxylic acids is 1.